The van der Waals surface area contributed by atoms with E-state index in [0.29, 0.717) is 5.69 Å². The van der Waals surface area contributed by atoms with Crippen LogP contribution in [-0.2, 0) is 13.6 Å². The van der Waals surface area contributed by atoms with E-state index in [1.54, 1.807) is 4.57 Å². The smallest absolute Gasteiger partial charge is 0.339 e. The zero-order valence-electron chi connectivity index (χ0n) is 13.5. The fourth-order valence-electron chi connectivity index (χ4n) is 3.08. The van der Waals surface area contributed by atoms with Crippen LogP contribution in [0.5, 0.6) is 0 Å². The van der Waals surface area contributed by atoms with Crippen LogP contribution in [0.4, 0.5) is 0 Å². The van der Waals surface area contributed by atoms with Crippen LogP contribution >= 0.6 is 0 Å². The Morgan fingerprint density at radius 1 is 0.917 bits per heavy atom. The van der Waals surface area contributed by atoms with E-state index < -0.39 is 0 Å². The Morgan fingerprint density at radius 3 is 2.29 bits per heavy atom. The third-order valence-corrected chi connectivity index (χ3v) is 4.29. The lowest BCUT2D eigenvalue weighted by atomic mass is 10.2. The summed E-state index contributed by atoms with van der Waals surface area (Å²) in [7, 11) is 1.94. The van der Waals surface area contributed by atoms with Gasteiger partial charge in [-0.25, -0.2) is 9.36 Å². The van der Waals surface area contributed by atoms with Crippen molar-refractivity contribution in [2.75, 3.05) is 0 Å². The molecule has 2 aromatic rings. The van der Waals surface area contributed by atoms with E-state index in [0.717, 1.165) is 17.9 Å². The van der Waals surface area contributed by atoms with E-state index in [9.17, 15) is 4.79 Å². The molecule has 0 aliphatic carbocycles. The lowest BCUT2D eigenvalue weighted by molar-refractivity contribution is -0.650. The molecule has 0 fully saturated rings. The maximum atomic E-state index is 12.8. The average Bonchev–Trinajstić information content (AvgIpc) is 2.87. The number of benzene rings is 2. The molecule has 0 bridgehead atoms. The van der Waals surface area contributed by atoms with Gasteiger partial charge in [-0.1, -0.05) is 60.7 Å². The molecule has 0 unspecified atom stereocenters. The number of hydrogen-bond acceptors (Lipinski definition) is 1. The SMILES string of the molecule is C[n+]1c2cn(Cc3ccccc3)ccn-2c(=O)c1-c1ccccc1. The van der Waals surface area contributed by atoms with Gasteiger partial charge >= 0.3 is 11.4 Å². The molecule has 0 aromatic heterocycles. The summed E-state index contributed by atoms with van der Waals surface area (Å²) < 4.78 is 5.75. The summed E-state index contributed by atoms with van der Waals surface area (Å²) in [6, 6.07) is 20.1. The standard InChI is InChI=1S/C20H18N3O/c1-21-18-15-22(14-16-8-4-2-5-9-16)12-13-23(18)20(24)19(21)17-10-6-3-7-11-17/h2-13,15H,14H2,1H3/q+1. The molecular formula is C20H18N3O+. The fraction of sp³-hybridized carbons (Fsp3) is 0.100. The van der Waals surface area contributed by atoms with Crippen molar-refractivity contribution < 1.29 is 4.57 Å². The Labute approximate surface area is 140 Å². The second-order valence-corrected chi connectivity index (χ2v) is 5.89. The number of imidazole rings is 1. The van der Waals surface area contributed by atoms with Crippen molar-refractivity contribution in [2.24, 2.45) is 7.05 Å². The third kappa shape index (κ3) is 2.42. The highest BCUT2D eigenvalue weighted by Crippen LogP contribution is 2.15. The Balaban J connectivity index is 1.82. The Morgan fingerprint density at radius 2 is 1.58 bits per heavy atom. The van der Waals surface area contributed by atoms with Gasteiger partial charge in [-0.3, -0.25) is 0 Å². The lowest BCUT2D eigenvalue weighted by Gasteiger charge is -2.07. The van der Waals surface area contributed by atoms with E-state index in [4.69, 9.17) is 0 Å². The Hall–Kier alpha value is -3.14. The first-order valence-corrected chi connectivity index (χ1v) is 7.93. The van der Waals surface area contributed by atoms with Crippen LogP contribution in [0.15, 0.2) is 84.0 Å². The van der Waals surface area contributed by atoms with Crippen LogP contribution in [-0.4, -0.2) is 9.13 Å². The molecule has 2 aromatic carbocycles. The van der Waals surface area contributed by atoms with Crippen molar-refractivity contribution in [3.05, 3.63) is 95.2 Å². The number of nitrogens with zero attached hydrogens (tertiary/aromatic N) is 3. The maximum absolute atomic E-state index is 12.8. The van der Waals surface area contributed by atoms with Crippen LogP contribution in [0.3, 0.4) is 0 Å². The number of hydrogen-bond donors (Lipinski definition) is 0. The second-order valence-electron chi connectivity index (χ2n) is 5.89. The van der Waals surface area contributed by atoms with Crippen molar-refractivity contribution in [3.63, 3.8) is 0 Å². The Kier molecular flexibility index (Phi) is 3.50. The van der Waals surface area contributed by atoms with Gasteiger partial charge in [0, 0.05) is 18.3 Å². The summed E-state index contributed by atoms with van der Waals surface area (Å²) in [6.45, 7) is 0.775. The molecule has 2 aliphatic rings. The summed E-state index contributed by atoms with van der Waals surface area (Å²) in [5, 5.41) is 0. The highest BCUT2D eigenvalue weighted by atomic mass is 16.1. The summed E-state index contributed by atoms with van der Waals surface area (Å²) >= 11 is 0. The van der Waals surface area contributed by atoms with Gasteiger partial charge in [-0.05, 0) is 5.56 Å². The first-order chi connectivity index (χ1) is 11.7. The molecule has 118 valence electrons. The van der Waals surface area contributed by atoms with Crippen LogP contribution in [0.1, 0.15) is 5.56 Å². The predicted molar refractivity (Wildman–Crippen MR) is 93.4 cm³/mol. The van der Waals surface area contributed by atoms with E-state index in [2.05, 4.69) is 16.7 Å². The Bertz CT molecular complexity index is 1000. The molecule has 24 heavy (non-hydrogen) atoms. The molecule has 0 amide bonds. The summed E-state index contributed by atoms with van der Waals surface area (Å²) in [6.07, 6.45) is 5.80. The summed E-state index contributed by atoms with van der Waals surface area (Å²) in [5.41, 5.74) is 2.87. The highest BCUT2D eigenvalue weighted by Gasteiger charge is 2.27. The first-order valence-electron chi connectivity index (χ1n) is 7.93. The van der Waals surface area contributed by atoms with Gasteiger partial charge in [0.05, 0.1) is 13.2 Å². The van der Waals surface area contributed by atoms with Gasteiger partial charge in [-0.2, -0.15) is 4.57 Å². The maximum Gasteiger partial charge on any atom is 0.386 e. The number of aromatic nitrogens is 3. The largest absolute Gasteiger partial charge is 0.386 e. The monoisotopic (exact) mass is 316 g/mol. The minimum absolute atomic E-state index is 0.00515. The zero-order chi connectivity index (χ0) is 16.5. The molecule has 0 spiro atoms. The van der Waals surface area contributed by atoms with Crippen LogP contribution in [0, 0.1) is 0 Å². The second kappa shape index (κ2) is 5.81. The van der Waals surface area contributed by atoms with Gasteiger partial charge in [0.1, 0.15) is 6.20 Å². The molecule has 0 atom stereocenters. The molecule has 0 N–H and O–H groups in total. The van der Waals surface area contributed by atoms with Gasteiger partial charge in [0.15, 0.2) is 0 Å². The molecule has 0 saturated carbocycles. The first kappa shape index (κ1) is 14.5. The average molecular weight is 316 g/mol. The zero-order valence-corrected chi connectivity index (χ0v) is 13.5. The predicted octanol–water partition coefficient (Wildman–Crippen LogP) is 2.62. The van der Waals surface area contributed by atoms with Crippen molar-refractivity contribution in [1.29, 1.82) is 0 Å². The minimum atomic E-state index is 0.00515. The quantitative estimate of drug-likeness (QED) is 0.535. The topological polar surface area (TPSA) is 30.8 Å². The minimum Gasteiger partial charge on any atom is -0.339 e. The molecule has 4 nitrogen and oxygen atoms in total. The van der Waals surface area contributed by atoms with Gasteiger partial charge in [0.25, 0.3) is 0 Å². The van der Waals surface area contributed by atoms with Gasteiger partial charge in [-0.15, -0.1) is 0 Å². The molecule has 4 rings (SSSR count). The van der Waals surface area contributed by atoms with Crippen LogP contribution in [0.25, 0.3) is 17.1 Å². The van der Waals surface area contributed by atoms with E-state index in [1.807, 2.05) is 78.7 Å². The fourth-order valence-corrected chi connectivity index (χ4v) is 3.08. The van der Waals surface area contributed by atoms with Crippen molar-refractivity contribution in [2.45, 2.75) is 6.54 Å². The summed E-state index contributed by atoms with van der Waals surface area (Å²) in [5.74, 6) is 0.872. The van der Waals surface area contributed by atoms with Crippen molar-refractivity contribution in [3.8, 4) is 17.1 Å². The van der Waals surface area contributed by atoms with Crippen molar-refractivity contribution >= 4 is 0 Å². The molecule has 0 saturated heterocycles. The lowest BCUT2D eigenvalue weighted by Crippen LogP contribution is -2.32. The molecule has 4 heteroatoms. The number of fused-ring (bicyclic) bond motifs is 1. The van der Waals surface area contributed by atoms with Crippen molar-refractivity contribution in [1.82, 2.24) is 9.13 Å². The van der Waals surface area contributed by atoms with E-state index >= 15 is 0 Å². The molecular weight excluding hydrogens is 298 g/mol. The normalized spacial score (nSPS) is 11.0. The van der Waals surface area contributed by atoms with E-state index in [1.165, 1.54) is 5.56 Å². The highest BCUT2D eigenvalue weighted by molar-refractivity contribution is 5.56. The van der Waals surface area contributed by atoms with Gasteiger partial charge < -0.3 is 4.57 Å². The summed E-state index contributed by atoms with van der Waals surface area (Å²) in [4.78, 5) is 12.8. The third-order valence-electron chi connectivity index (χ3n) is 4.29. The molecule has 2 heterocycles. The van der Waals surface area contributed by atoms with Crippen LogP contribution in [0.2, 0.25) is 0 Å². The van der Waals surface area contributed by atoms with E-state index in [-0.39, 0.29) is 5.56 Å². The van der Waals surface area contributed by atoms with Gasteiger partial charge in [0.2, 0.25) is 5.69 Å². The number of rotatable bonds is 3. The van der Waals surface area contributed by atoms with Crippen LogP contribution < -0.4 is 10.1 Å². The molecule has 0 radical (unpaired) electrons. The molecule has 2 aliphatic heterocycles.